The molecule has 2 heterocycles. The number of nitrogens with zero attached hydrogens (tertiary/aromatic N) is 4. The van der Waals surface area contributed by atoms with Crippen molar-refractivity contribution >= 4 is 17.7 Å². The molecule has 2 aromatic rings. The standard InChI is InChI=1S/C12H17N5S/c1-5-13-12-14-7-8(2)11(15-12)18-10-6-9(3)16-17(10)4/h6-7H,5H2,1-4H3,(H,13,14,15). The van der Waals surface area contributed by atoms with Gasteiger partial charge in [-0.1, -0.05) is 0 Å². The van der Waals surface area contributed by atoms with Gasteiger partial charge < -0.3 is 5.32 Å². The largest absolute Gasteiger partial charge is 0.354 e. The fourth-order valence-corrected chi connectivity index (χ4v) is 2.50. The van der Waals surface area contributed by atoms with Crippen LogP contribution in [-0.4, -0.2) is 26.3 Å². The normalized spacial score (nSPS) is 10.7. The van der Waals surface area contributed by atoms with E-state index in [4.69, 9.17) is 0 Å². The van der Waals surface area contributed by atoms with Gasteiger partial charge in [0.05, 0.1) is 5.69 Å². The molecule has 2 rings (SSSR count). The first-order valence-corrected chi connectivity index (χ1v) is 6.67. The smallest absolute Gasteiger partial charge is 0.223 e. The molecule has 0 amide bonds. The zero-order valence-electron chi connectivity index (χ0n) is 11.1. The van der Waals surface area contributed by atoms with E-state index in [0.717, 1.165) is 27.9 Å². The van der Waals surface area contributed by atoms with Gasteiger partial charge in [-0.3, -0.25) is 4.68 Å². The summed E-state index contributed by atoms with van der Waals surface area (Å²) in [7, 11) is 1.94. The van der Waals surface area contributed by atoms with Gasteiger partial charge in [0.25, 0.3) is 0 Å². The van der Waals surface area contributed by atoms with E-state index in [2.05, 4.69) is 26.4 Å². The molecular formula is C12H17N5S. The summed E-state index contributed by atoms with van der Waals surface area (Å²) in [6.07, 6.45) is 1.84. The van der Waals surface area contributed by atoms with Crippen molar-refractivity contribution in [1.82, 2.24) is 19.7 Å². The summed E-state index contributed by atoms with van der Waals surface area (Å²) in [6.45, 7) is 6.85. The zero-order chi connectivity index (χ0) is 13.1. The Hall–Kier alpha value is -1.56. The van der Waals surface area contributed by atoms with Crippen molar-refractivity contribution in [1.29, 1.82) is 0 Å². The van der Waals surface area contributed by atoms with Gasteiger partial charge in [0.2, 0.25) is 5.95 Å². The minimum absolute atomic E-state index is 0.671. The Morgan fingerprint density at radius 1 is 1.39 bits per heavy atom. The first-order valence-electron chi connectivity index (χ1n) is 5.86. The maximum atomic E-state index is 4.51. The van der Waals surface area contributed by atoms with Gasteiger partial charge in [-0.2, -0.15) is 5.10 Å². The molecular weight excluding hydrogens is 246 g/mol. The second kappa shape index (κ2) is 5.39. The summed E-state index contributed by atoms with van der Waals surface area (Å²) in [5, 5.41) is 9.50. The SMILES string of the molecule is CCNc1ncc(C)c(Sc2cc(C)nn2C)n1. The predicted octanol–water partition coefficient (Wildman–Crippen LogP) is 2.41. The van der Waals surface area contributed by atoms with Crippen LogP contribution in [-0.2, 0) is 7.05 Å². The van der Waals surface area contributed by atoms with Crippen LogP contribution in [0, 0.1) is 13.8 Å². The lowest BCUT2D eigenvalue weighted by Gasteiger charge is -2.07. The summed E-state index contributed by atoms with van der Waals surface area (Å²) in [6, 6.07) is 2.05. The number of rotatable bonds is 4. The number of aryl methyl sites for hydroxylation is 3. The van der Waals surface area contributed by atoms with E-state index in [1.807, 2.05) is 38.7 Å². The van der Waals surface area contributed by atoms with E-state index in [9.17, 15) is 0 Å². The Balaban J connectivity index is 2.27. The number of anilines is 1. The molecule has 0 saturated carbocycles. The topological polar surface area (TPSA) is 55.6 Å². The summed E-state index contributed by atoms with van der Waals surface area (Å²) >= 11 is 1.61. The van der Waals surface area contributed by atoms with E-state index in [-0.39, 0.29) is 0 Å². The summed E-state index contributed by atoms with van der Waals surface area (Å²) in [5.41, 5.74) is 2.08. The molecule has 5 nitrogen and oxygen atoms in total. The average Bonchev–Trinajstić information content (AvgIpc) is 2.62. The molecule has 0 aliphatic heterocycles. The molecule has 18 heavy (non-hydrogen) atoms. The van der Waals surface area contributed by atoms with E-state index in [1.54, 1.807) is 11.8 Å². The Bertz CT molecular complexity index is 549. The number of hydrogen-bond acceptors (Lipinski definition) is 5. The first-order chi connectivity index (χ1) is 8.60. The molecule has 6 heteroatoms. The molecule has 0 aliphatic rings. The van der Waals surface area contributed by atoms with Crippen molar-refractivity contribution < 1.29 is 0 Å². The van der Waals surface area contributed by atoms with Crippen molar-refractivity contribution in [2.24, 2.45) is 7.05 Å². The molecule has 0 unspecified atom stereocenters. The van der Waals surface area contributed by atoms with Crippen molar-refractivity contribution in [3.63, 3.8) is 0 Å². The number of aromatic nitrogens is 4. The fourth-order valence-electron chi connectivity index (χ4n) is 1.55. The van der Waals surface area contributed by atoms with E-state index in [1.165, 1.54) is 0 Å². The predicted molar refractivity (Wildman–Crippen MR) is 73.0 cm³/mol. The Morgan fingerprint density at radius 2 is 2.17 bits per heavy atom. The third-order valence-corrected chi connectivity index (χ3v) is 3.62. The number of hydrogen-bond donors (Lipinski definition) is 1. The second-order valence-electron chi connectivity index (χ2n) is 4.06. The van der Waals surface area contributed by atoms with Gasteiger partial charge in [0.1, 0.15) is 10.1 Å². The molecule has 96 valence electrons. The lowest BCUT2D eigenvalue weighted by molar-refractivity contribution is 0.692. The number of nitrogens with one attached hydrogen (secondary N) is 1. The van der Waals surface area contributed by atoms with E-state index >= 15 is 0 Å². The van der Waals surface area contributed by atoms with E-state index in [0.29, 0.717) is 5.95 Å². The zero-order valence-corrected chi connectivity index (χ0v) is 11.9. The molecule has 0 aromatic carbocycles. The Kier molecular flexibility index (Phi) is 3.86. The third kappa shape index (κ3) is 2.81. The molecule has 0 aliphatic carbocycles. The lowest BCUT2D eigenvalue weighted by Crippen LogP contribution is -2.03. The van der Waals surface area contributed by atoms with Crippen LogP contribution in [0.5, 0.6) is 0 Å². The van der Waals surface area contributed by atoms with Crippen LogP contribution < -0.4 is 5.32 Å². The van der Waals surface area contributed by atoms with Gasteiger partial charge in [0.15, 0.2) is 0 Å². The first kappa shape index (κ1) is 12.9. The highest BCUT2D eigenvalue weighted by Crippen LogP contribution is 2.28. The maximum Gasteiger partial charge on any atom is 0.223 e. The minimum Gasteiger partial charge on any atom is -0.354 e. The average molecular weight is 263 g/mol. The maximum absolute atomic E-state index is 4.51. The summed E-state index contributed by atoms with van der Waals surface area (Å²) < 4.78 is 1.87. The quantitative estimate of drug-likeness (QED) is 0.858. The van der Waals surface area contributed by atoms with Gasteiger partial charge in [-0.05, 0) is 38.6 Å². The molecule has 0 atom stereocenters. The molecule has 0 spiro atoms. The van der Waals surface area contributed by atoms with Gasteiger partial charge in [0, 0.05) is 25.4 Å². The molecule has 0 saturated heterocycles. The van der Waals surface area contributed by atoms with Crippen LogP contribution in [0.25, 0.3) is 0 Å². The third-order valence-electron chi connectivity index (χ3n) is 2.42. The highest BCUT2D eigenvalue weighted by molar-refractivity contribution is 7.99. The fraction of sp³-hybridized carbons (Fsp3) is 0.417. The molecule has 1 N–H and O–H groups in total. The van der Waals surface area contributed by atoms with Gasteiger partial charge in [-0.25, -0.2) is 9.97 Å². The van der Waals surface area contributed by atoms with Gasteiger partial charge in [-0.15, -0.1) is 0 Å². The van der Waals surface area contributed by atoms with Crippen LogP contribution in [0.2, 0.25) is 0 Å². The minimum atomic E-state index is 0.671. The second-order valence-corrected chi connectivity index (χ2v) is 5.07. The molecule has 0 radical (unpaired) electrons. The van der Waals surface area contributed by atoms with Crippen molar-refractivity contribution in [3.8, 4) is 0 Å². The van der Waals surface area contributed by atoms with Crippen LogP contribution in [0.1, 0.15) is 18.2 Å². The van der Waals surface area contributed by atoms with Crippen molar-refractivity contribution in [3.05, 3.63) is 23.5 Å². The van der Waals surface area contributed by atoms with Gasteiger partial charge >= 0.3 is 0 Å². The molecule has 0 fully saturated rings. The Morgan fingerprint density at radius 3 is 2.78 bits per heavy atom. The molecule has 2 aromatic heterocycles. The summed E-state index contributed by atoms with van der Waals surface area (Å²) in [5.74, 6) is 0.671. The van der Waals surface area contributed by atoms with Crippen LogP contribution in [0.15, 0.2) is 22.3 Å². The monoisotopic (exact) mass is 263 g/mol. The van der Waals surface area contributed by atoms with Crippen LogP contribution in [0.3, 0.4) is 0 Å². The van der Waals surface area contributed by atoms with Crippen LogP contribution >= 0.6 is 11.8 Å². The van der Waals surface area contributed by atoms with E-state index < -0.39 is 0 Å². The van der Waals surface area contributed by atoms with Crippen LogP contribution in [0.4, 0.5) is 5.95 Å². The highest BCUT2D eigenvalue weighted by Gasteiger charge is 2.09. The highest BCUT2D eigenvalue weighted by atomic mass is 32.2. The summed E-state index contributed by atoms with van der Waals surface area (Å²) in [4.78, 5) is 8.75. The van der Waals surface area contributed by atoms with Crippen molar-refractivity contribution in [2.45, 2.75) is 30.8 Å². The lowest BCUT2D eigenvalue weighted by atomic mass is 10.4. The molecule has 0 bridgehead atoms. The van der Waals surface area contributed by atoms with Crippen molar-refractivity contribution in [2.75, 3.05) is 11.9 Å². The Labute approximate surface area is 111 Å².